The van der Waals surface area contributed by atoms with Crippen molar-refractivity contribution in [2.45, 2.75) is 20.3 Å². The van der Waals surface area contributed by atoms with E-state index in [2.05, 4.69) is 8.75 Å². The fourth-order valence-electron chi connectivity index (χ4n) is 3.68. The molecule has 4 rings (SSSR count). The largest absolute Gasteiger partial charge is 1.00 e. The van der Waals surface area contributed by atoms with E-state index in [-0.39, 0.29) is 52.9 Å². The standard InChI is InChI=1S/C26H22N2O4S.Na/c1-15-7-8-19(11-16(15)2)25(29)21(13-17-5-4-6-20(12-17)32-3)24(26(30)31)18-9-10-22-23(14-18)28-33-27-22;/h4-12,14H,13H2,1-3H3,(H,30,31);/q;+1/p-1/b24-21+;. The summed E-state index contributed by atoms with van der Waals surface area (Å²) in [6, 6.07) is 17.5. The van der Waals surface area contributed by atoms with Gasteiger partial charge in [0.1, 0.15) is 16.8 Å². The Labute approximate surface area is 223 Å². The van der Waals surface area contributed by atoms with Gasteiger partial charge in [0.25, 0.3) is 0 Å². The molecule has 6 nitrogen and oxygen atoms in total. The minimum Gasteiger partial charge on any atom is -0.545 e. The Morgan fingerprint density at radius 2 is 1.65 bits per heavy atom. The zero-order valence-corrected chi connectivity index (χ0v) is 22.2. The van der Waals surface area contributed by atoms with Crippen molar-refractivity contribution in [3.63, 3.8) is 0 Å². The Morgan fingerprint density at radius 1 is 0.912 bits per heavy atom. The number of hydrogen-bond donors (Lipinski definition) is 0. The predicted octanol–water partition coefficient (Wildman–Crippen LogP) is 0.950. The number of methoxy groups -OCH3 is 1. The summed E-state index contributed by atoms with van der Waals surface area (Å²) in [5.41, 5.74) is 4.73. The summed E-state index contributed by atoms with van der Waals surface area (Å²) in [4.78, 5) is 26.1. The smallest absolute Gasteiger partial charge is 0.545 e. The first kappa shape index (κ1) is 25.8. The zero-order chi connectivity index (χ0) is 23.5. The molecule has 0 saturated heterocycles. The van der Waals surface area contributed by atoms with Crippen molar-refractivity contribution in [1.82, 2.24) is 8.75 Å². The summed E-state index contributed by atoms with van der Waals surface area (Å²) in [7, 11) is 1.56. The molecule has 0 spiro atoms. The fourth-order valence-corrected chi connectivity index (χ4v) is 4.20. The minimum atomic E-state index is -1.42. The summed E-state index contributed by atoms with van der Waals surface area (Å²) in [6.07, 6.45) is 0.0968. The van der Waals surface area contributed by atoms with Crippen LogP contribution in [-0.2, 0) is 11.2 Å². The van der Waals surface area contributed by atoms with Crippen molar-refractivity contribution in [2.75, 3.05) is 7.11 Å². The Balaban J connectivity index is 0.00000324. The molecule has 166 valence electrons. The number of rotatable bonds is 7. The zero-order valence-electron chi connectivity index (χ0n) is 19.4. The van der Waals surface area contributed by atoms with Crippen LogP contribution >= 0.6 is 11.7 Å². The fraction of sp³-hybridized carbons (Fsp3) is 0.154. The molecule has 8 heteroatoms. The van der Waals surface area contributed by atoms with Crippen LogP contribution in [0.25, 0.3) is 16.6 Å². The first-order valence-electron chi connectivity index (χ1n) is 10.3. The summed E-state index contributed by atoms with van der Waals surface area (Å²) >= 11 is 1.04. The number of aliphatic carboxylic acids is 1. The number of carbonyl (C=O) groups is 2. The second-order valence-corrected chi connectivity index (χ2v) is 8.29. The van der Waals surface area contributed by atoms with Crippen LogP contribution in [0, 0.1) is 13.8 Å². The molecule has 0 aliphatic rings. The van der Waals surface area contributed by atoms with Gasteiger partial charge >= 0.3 is 29.6 Å². The Hall–Kier alpha value is -2.84. The number of carboxylic acid groups (broad SMARTS) is 1. The average molecular weight is 481 g/mol. The van der Waals surface area contributed by atoms with Crippen molar-refractivity contribution in [2.24, 2.45) is 0 Å². The molecular weight excluding hydrogens is 459 g/mol. The van der Waals surface area contributed by atoms with Crippen molar-refractivity contribution in [3.8, 4) is 5.75 Å². The van der Waals surface area contributed by atoms with Crippen molar-refractivity contribution >= 4 is 40.1 Å². The van der Waals surface area contributed by atoms with Crippen molar-refractivity contribution < 1.29 is 49.0 Å². The minimum absolute atomic E-state index is 0. The Bertz CT molecular complexity index is 1410. The van der Waals surface area contributed by atoms with E-state index >= 15 is 0 Å². The van der Waals surface area contributed by atoms with E-state index in [1.54, 1.807) is 55.6 Å². The Kier molecular flexibility index (Phi) is 8.38. The van der Waals surface area contributed by atoms with Crippen LogP contribution in [-0.4, -0.2) is 27.6 Å². The third-order valence-electron chi connectivity index (χ3n) is 5.61. The van der Waals surface area contributed by atoms with Gasteiger partial charge in [-0.2, -0.15) is 8.75 Å². The maximum absolute atomic E-state index is 13.7. The molecule has 0 unspecified atom stereocenters. The summed E-state index contributed by atoms with van der Waals surface area (Å²) in [5.74, 6) is -1.17. The number of aryl methyl sites for hydroxylation is 2. The number of ether oxygens (including phenoxy) is 1. The maximum atomic E-state index is 13.7. The van der Waals surface area contributed by atoms with Crippen LogP contribution in [0.3, 0.4) is 0 Å². The number of nitrogens with zero attached hydrogens (tertiary/aromatic N) is 2. The van der Waals surface area contributed by atoms with Gasteiger partial charge in [0.05, 0.1) is 24.8 Å². The molecule has 0 aliphatic heterocycles. The monoisotopic (exact) mass is 480 g/mol. The third kappa shape index (κ3) is 5.45. The Morgan fingerprint density at radius 3 is 2.35 bits per heavy atom. The van der Waals surface area contributed by atoms with Gasteiger partial charge in [0, 0.05) is 23.1 Å². The van der Waals surface area contributed by atoms with E-state index < -0.39 is 5.97 Å². The second kappa shape index (κ2) is 11.1. The maximum Gasteiger partial charge on any atom is 1.00 e. The van der Waals surface area contributed by atoms with Crippen LogP contribution in [0.2, 0.25) is 0 Å². The van der Waals surface area contributed by atoms with E-state index in [4.69, 9.17) is 4.74 Å². The molecule has 0 atom stereocenters. The normalized spacial score (nSPS) is 11.5. The van der Waals surface area contributed by atoms with E-state index in [0.717, 1.165) is 28.4 Å². The first-order valence-corrected chi connectivity index (χ1v) is 11.0. The number of fused-ring (bicyclic) bond motifs is 1. The number of Topliss-reactive ketones (excluding diaryl/α,β-unsaturated/α-hetero) is 1. The van der Waals surface area contributed by atoms with E-state index in [0.29, 0.717) is 27.9 Å². The predicted molar refractivity (Wildman–Crippen MR) is 126 cm³/mol. The van der Waals surface area contributed by atoms with Crippen LogP contribution < -0.4 is 39.4 Å². The molecule has 1 aromatic heterocycles. The molecule has 1 heterocycles. The quantitative estimate of drug-likeness (QED) is 0.222. The van der Waals surface area contributed by atoms with Gasteiger partial charge in [-0.1, -0.05) is 30.3 Å². The van der Waals surface area contributed by atoms with E-state index in [9.17, 15) is 14.7 Å². The molecule has 3 aromatic carbocycles. The molecular formula is C26H21N2NaO4S. The van der Waals surface area contributed by atoms with Gasteiger partial charge in [-0.25, -0.2) is 0 Å². The third-order valence-corrected chi connectivity index (χ3v) is 6.16. The second-order valence-electron chi connectivity index (χ2n) is 7.77. The van der Waals surface area contributed by atoms with Crippen LogP contribution in [0.15, 0.2) is 66.2 Å². The van der Waals surface area contributed by atoms with Gasteiger partial charge in [0.15, 0.2) is 5.78 Å². The van der Waals surface area contributed by atoms with E-state index in [1.807, 2.05) is 26.0 Å². The number of carboxylic acids is 1. The molecule has 4 aromatic rings. The number of carbonyl (C=O) groups excluding carboxylic acids is 2. The molecule has 0 N–H and O–H groups in total. The summed E-state index contributed by atoms with van der Waals surface area (Å²) < 4.78 is 13.7. The molecule has 0 saturated carbocycles. The SMILES string of the molecule is COc1cccc(C/C(C(=O)c2ccc(C)c(C)c2)=C(\C(=O)[O-])c2ccc3nsnc3c2)c1.[Na+]. The molecule has 0 radical (unpaired) electrons. The molecule has 0 fully saturated rings. The summed E-state index contributed by atoms with van der Waals surface area (Å²) in [5, 5.41) is 12.4. The first-order chi connectivity index (χ1) is 15.9. The molecule has 34 heavy (non-hydrogen) atoms. The van der Waals surface area contributed by atoms with Crippen molar-refractivity contribution in [1.29, 1.82) is 0 Å². The number of ketones is 1. The van der Waals surface area contributed by atoms with Crippen molar-refractivity contribution in [3.05, 3.63) is 94.1 Å². The van der Waals surface area contributed by atoms with Gasteiger partial charge in [-0.3, -0.25) is 4.79 Å². The van der Waals surface area contributed by atoms with Gasteiger partial charge in [-0.05, 0) is 66.4 Å². The van der Waals surface area contributed by atoms with Gasteiger partial charge in [0.2, 0.25) is 0 Å². The summed E-state index contributed by atoms with van der Waals surface area (Å²) in [6.45, 7) is 3.88. The number of hydrogen-bond acceptors (Lipinski definition) is 7. The van der Waals surface area contributed by atoms with Gasteiger partial charge in [-0.15, -0.1) is 0 Å². The topological polar surface area (TPSA) is 92.2 Å². The van der Waals surface area contributed by atoms with E-state index in [1.165, 1.54) is 0 Å². The number of benzene rings is 3. The molecule has 0 aliphatic carbocycles. The molecule has 0 bridgehead atoms. The van der Waals surface area contributed by atoms with Crippen LogP contribution in [0.4, 0.5) is 0 Å². The molecule has 0 amide bonds. The average Bonchev–Trinajstić information content (AvgIpc) is 3.28. The van der Waals surface area contributed by atoms with Crippen LogP contribution in [0.5, 0.6) is 5.75 Å². The van der Waals surface area contributed by atoms with Gasteiger partial charge < -0.3 is 14.6 Å². The number of aromatic nitrogens is 2. The van der Waals surface area contributed by atoms with Crippen LogP contribution in [0.1, 0.15) is 32.6 Å². The number of allylic oxidation sites excluding steroid dienone is 1.